The summed E-state index contributed by atoms with van der Waals surface area (Å²) in [6.07, 6.45) is 18.9. The molecule has 2 nitrogen and oxygen atoms in total. The average Bonchev–Trinajstić information content (AvgIpc) is 3.31. The van der Waals surface area contributed by atoms with Crippen molar-refractivity contribution in [3.63, 3.8) is 0 Å². The van der Waals surface area contributed by atoms with E-state index in [1.165, 1.54) is 0 Å². The van der Waals surface area contributed by atoms with Crippen molar-refractivity contribution in [3.05, 3.63) is 100 Å². The van der Waals surface area contributed by atoms with Crippen LogP contribution in [-0.4, -0.2) is 6.61 Å². The molecule has 1 aromatic rings. The molecular weight excluding hydrogens is 328 g/mol. The Bertz CT molecular complexity index is 389. The minimum absolute atomic E-state index is 0. The topological polar surface area (TPSA) is 46.1 Å². The second kappa shape index (κ2) is 16.1. The molecule has 0 aliphatic heterocycles. The van der Waals surface area contributed by atoms with Gasteiger partial charge in [0.2, 0.25) is 0 Å². The Hall–Kier alpha value is -0.781. The summed E-state index contributed by atoms with van der Waals surface area (Å²) < 4.78 is 0. The van der Waals surface area contributed by atoms with E-state index in [0.29, 0.717) is 5.56 Å². The third-order valence-electron chi connectivity index (χ3n) is 2.52. The Labute approximate surface area is 152 Å². The van der Waals surface area contributed by atoms with Crippen LogP contribution in [0.2, 0.25) is 0 Å². The summed E-state index contributed by atoms with van der Waals surface area (Å²) in [5, 5.41) is 21.1. The molecule has 1 aromatic carbocycles. The maximum Gasteiger partial charge on any atom is 2.00 e. The zero-order valence-corrected chi connectivity index (χ0v) is 13.7. The molecule has 2 aliphatic carbocycles. The molecule has 0 heterocycles. The summed E-state index contributed by atoms with van der Waals surface area (Å²) in [6.45, 7) is -0.508. The van der Waals surface area contributed by atoms with Crippen LogP contribution in [-0.2, 0) is 17.1 Å². The first kappa shape index (κ1) is 22.2. The first-order chi connectivity index (χ1) is 10.8. The van der Waals surface area contributed by atoms with Gasteiger partial charge in [0.1, 0.15) is 0 Å². The number of hydrogen-bond acceptors (Lipinski definition) is 2. The molecule has 1 atom stereocenters. The van der Waals surface area contributed by atoms with Crippen LogP contribution in [0.4, 0.5) is 0 Å². The van der Waals surface area contributed by atoms with E-state index in [2.05, 4.69) is 11.8 Å². The van der Waals surface area contributed by atoms with Crippen molar-refractivity contribution in [1.82, 2.24) is 0 Å². The average molecular weight is 346 g/mol. The van der Waals surface area contributed by atoms with Crippen molar-refractivity contribution in [2.24, 2.45) is 0 Å². The van der Waals surface area contributed by atoms with Gasteiger partial charge in [-0.15, -0.1) is 11.8 Å². The van der Waals surface area contributed by atoms with Gasteiger partial charge < -0.3 is 10.2 Å². The van der Waals surface area contributed by atoms with Crippen molar-refractivity contribution in [2.75, 3.05) is 6.61 Å². The van der Waals surface area contributed by atoms with Gasteiger partial charge in [0.05, 0.1) is 0 Å². The number of rotatable bonds is 1. The Balaban J connectivity index is 0.000000362. The summed E-state index contributed by atoms with van der Waals surface area (Å²) in [5.74, 6) is 4.56. The van der Waals surface area contributed by atoms with E-state index in [0.717, 1.165) is 0 Å². The van der Waals surface area contributed by atoms with Crippen LogP contribution in [0.3, 0.4) is 0 Å². The number of hydrogen-bond donors (Lipinski definition) is 0. The summed E-state index contributed by atoms with van der Waals surface area (Å²) >= 11 is 0. The van der Waals surface area contributed by atoms with E-state index in [1.54, 1.807) is 24.3 Å². The van der Waals surface area contributed by atoms with Crippen LogP contribution in [0, 0.1) is 76.0 Å². The molecule has 23 heavy (non-hydrogen) atoms. The standard InChI is InChI=1S/C10H8O2.2C5H5.Fe/c11-8-4-7-10(12)9-5-2-1-3-6-9;2*1-2-4-5-3-1;/h1-3,5-6,10H,8H2;2*1-5H;/q-2;;;+2. The Morgan fingerprint density at radius 2 is 1.13 bits per heavy atom. The molecule has 0 N–H and O–H groups in total. The van der Waals surface area contributed by atoms with Crippen molar-refractivity contribution < 1.29 is 27.3 Å². The van der Waals surface area contributed by atoms with Gasteiger partial charge in [0.25, 0.3) is 0 Å². The van der Waals surface area contributed by atoms with Crippen LogP contribution in [0.1, 0.15) is 11.7 Å². The van der Waals surface area contributed by atoms with Crippen LogP contribution >= 0.6 is 0 Å². The fourth-order valence-electron chi connectivity index (χ4n) is 1.49. The quantitative estimate of drug-likeness (QED) is 0.571. The molecule has 0 amide bonds. The van der Waals surface area contributed by atoms with Gasteiger partial charge in [-0.3, -0.25) is 0 Å². The Morgan fingerprint density at radius 1 is 0.739 bits per heavy atom. The van der Waals surface area contributed by atoms with Crippen molar-refractivity contribution >= 4 is 0 Å². The molecule has 118 valence electrons. The minimum Gasteiger partial charge on any atom is -0.845 e. The minimum atomic E-state index is -1.08. The third-order valence-corrected chi connectivity index (χ3v) is 2.52. The molecule has 2 saturated carbocycles. The molecule has 2 aliphatic rings. The van der Waals surface area contributed by atoms with Gasteiger partial charge in [-0.1, -0.05) is 36.9 Å². The Morgan fingerprint density at radius 3 is 1.48 bits per heavy atom. The maximum absolute atomic E-state index is 11.2. The second-order valence-electron chi connectivity index (χ2n) is 4.18. The molecule has 10 radical (unpaired) electrons. The molecule has 3 rings (SSSR count). The molecule has 2 fully saturated rings. The predicted molar refractivity (Wildman–Crippen MR) is 84.8 cm³/mol. The van der Waals surface area contributed by atoms with Crippen LogP contribution in [0.5, 0.6) is 0 Å². The van der Waals surface area contributed by atoms with Gasteiger partial charge in [-0.2, -0.15) is 0 Å². The van der Waals surface area contributed by atoms with Gasteiger partial charge in [-0.05, 0) is 75.9 Å². The summed E-state index contributed by atoms with van der Waals surface area (Å²) in [7, 11) is 0. The fraction of sp³-hybridized carbons (Fsp3) is 0.100. The smallest absolute Gasteiger partial charge is 0.845 e. The molecule has 1 unspecified atom stereocenters. The van der Waals surface area contributed by atoms with E-state index in [9.17, 15) is 10.2 Å². The van der Waals surface area contributed by atoms with E-state index in [1.807, 2.05) is 70.3 Å². The summed E-state index contributed by atoms with van der Waals surface area (Å²) in [4.78, 5) is 0. The zero-order valence-electron chi connectivity index (χ0n) is 12.6. The second-order valence-corrected chi connectivity index (χ2v) is 4.18. The fourth-order valence-corrected chi connectivity index (χ4v) is 1.49. The molecular formula is C20H18FeO2. The SMILES string of the molecule is [CH]1[CH][CH][CH][CH]1.[CH]1[CH][CH][CH][CH]1.[Fe+2].[O-]CC#CC([O-])c1ccccc1. The van der Waals surface area contributed by atoms with E-state index < -0.39 is 12.7 Å². The molecule has 0 spiro atoms. The third kappa shape index (κ3) is 12.3. The van der Waals surface area contributed by atoms with Crippen molar-refractivity contribution in [1.29, 1.82) is 0 Å². The first-order valence-electron chi connectivity index (χ1n) is 6.95. The molecule has 0 aromatic heterocycles. The number of benzene rings is 1. The van der Waals surface area contributed by atoms with Crippen LogP contribution in [0.15, 0.2) is 30.3 Å². The normalized spacial score (nSPS) is 16.4. The first-order valence-corrected chi connectivity index (χ1v) is 6.95. The maximum atomic E-state index is 11.2. The molecule has 0 bridgehead atoms. The zero-order chi connectivity index (χ0) is 15.9. The van der Waals surface area contributed by atoms with Gasteiger partial charge in [-0.25, -0.2) is 0 Å². The van der Waals surface area contributed by atoms with E-state index >= 15 is 0 Å². The van der Waals surface area contributed by atoms with E-state index in [4.69, 9.17) is 0 Å². The largest absolute Gasteiger partial charge is 2.00 e. The monoisotopic (exact) mass is 346 g/mol. The molecule has 0 saturated heterocycles. The van der Waals surface area contributed by atoms with Crippen molar-refractivity contribution in [3.8, 4) is 11.8 Å². The van der Waals surface area contributed by atoms with E-state index in [-0.39, 0.29) is 17.1 Å². The van der Waals surface area contributed by atoms with Gasteiger partial charge in [0.15, 0.2) is 0 Å². The Kier molecular flexibility index (Phi) is 15.5. The van der Waals surface area contributed by atoms with Crippen LogP contribution in [0.25, 0.3) is 0 Å². The van der Waals surface area contributed by atoms with Crippen LogP contribution < -0.4 is 10.2 Å². The van der Waals surface area contributed by atoms with Gasteiger partial charge >= 0.3 is 17.1 Å². The van der Waals surface area contributed by atoms with Gasteiger partial charge in [0, 0.05) is 0 Å². The predicted octanol–water partition coefficient (Wildman–Crippen LogP) is 1.49. The summed E-state index contributed by atoms with van der Waals surface area (Å²) in [6, 6.07) is 8.80. The summed E-state index contributed by atoms with van der Waals surface area (Å²) in [5.41, 5.74) is 0.610. The molecule has 3 heteroatoms. The van der Waals surface area contributed by atoms with Crippen molar-refractivity contribution in [2.45, 2.75) is 6.10 Å².